The first-order chi connectivity index (χ1) is 12.1. The predicted octanol–water partition coefficient (Wildman–Crippen LogP) is 1.75. The van der Waals surface area contributed by atoms with Gasteiger partial charge in [-0.2, -0.15) is 0 Å². The minimum absolute atomic E-state index is 0.181. The number of hydrogen-bond acceptors (Lipinski definition) is 5. The van der Waals surface area contributed by atoms with Crippen LogP contribution in [0.3, 0.4) is 0 Å². The van der Waals surface area contributed by atoms with E-state index in [0.29, 0.717) is 11.8 Å². The van der Waals surface area contributed by atoms with Crippen molar-refractivity contribution in [3.8, 4) is 0 Å². The molecule has 138 valence electrons. The molecule has 1 aromatic heterocycles. The van der Waals surface area contributed by atoms with E-state index < -0.39 is 0 Å². The van der Waals surface area contributed by atoms with E-state index in [1.807, 2.05) is 26.5 Å². The highest BCUT2D eigenvalue weighted by molar-refractivity contribution is 5.79. The molecule has 0 spiro atoms. The molecule has 0 bridgehead atoms. The summed E-state index contributed by atoms with van der Waals surface area (Å²) in [4.78, 5) is 25.8. The summed E-state index contributed by atoms with van der Waals surface area (Å²) in [5.74, 6) is 1.13. The van der Waals surface area contributed by atoms with Crippen molar-refractivity contribution in [2.24, 2.45) is 11.8 Å². The number of aromatic nitrogens is 2. The van der Waals surface area contributed by atoms with E-state index in [0.717, 1.165) is 76.3 Å². The fourth-order valence-corrected chi connectivity index (χ4v) is 3.75. The molecule has 0 unspecified atom stereocenters. The Hall–Kier alpha value is -1.53. The van der Waals surface area contributed by atoms with Gasteiger partial charge in [-0.15, -0.1) is 0 Å². The van der Waals surface area contributed by atoms with Crippen LogP contribution < -0.4 is 0 Å². The van der Waals surface area contributed by atoms with Gasteiger partial charge < -0.3 is 14.5 Å². The molecule has 25 heavy (non-hydrogen) atoms. The maximum absolute atomic E-state index is 12.6. The van der Waals surface area contributed by atoms with Crippen LogP contribution >= 0.6 is 0 Å². The SMILES string of the molecule is CN(C)Cc1cnc(CC2CCN(C(=O)C3CCOCC3)CC2)cn1. The predicted molar refractivity (Wildman–Crippen MR) is 96.0 cm³/mol. The van der Waals surface area contributed by atoms with E-state index >= 15 is 0 Å². The van der Waals surface area contributed by atoms with Gasteiger partial charge in [-0.3, -0.25) is 14.8 Å². The highest BCUT2D eigenvalue weighted by Gasteiger charge is 2.29. The van der Waals surface area contributed by atoms with Gasteiger partial charge in [0.2, 0.25) is 5.91 Å². The van der Waals surface area contributed by atoms with Gasteiger partial charge in [0, 0.05) is 45.0 Å². The summed E-state index contributed by atoms with van der Waals surface area (Å²) in [6.07, 6.45) is 8.67. The molecule has 2 fully saturated rings. The average molecular weight is 346 g/mol. The van der Waals surface area contributed by atoms with Crippen LogP contribution in [-0.2, 0) is 22.5 Å². The Morgan fingerprint density at radius 1 is 1.12 bits per heavy atom. The number of amides is 1. The van der Waals surface area contributed by atoms with Gasteiger partial charge in [0.15, 0.2) is 0 Å². The summed E-state index contributed by atoms with van der Waals surface area (Å²) in [6.45, 7) is 4.05. The van der Waals surface area contributed by atoms with Gasteiger partial charge in [0.25, 0.3) is 0 Å². The number of nitrogens with zero attached hydrogens (tertiary/aromatic N) is 4. The van der Waals surface area contributed by atoms with Gasteiger partial charge in [-0.05, 0) is 52.1 Å². The van der Waals surface area contributed by atoms with Crippen LogP contribution in [0.25, 0.3) is 0 Å². The van der Waals surface area contributed by atoms with Gasteiger partial charge >= 0.3 is 0 Å². The Morgan fingerprint density at radius 3 is 2.36 bits per heavy atom. The van der Waals surface area contributed by atoms with E-state index in [2.05, 4.69) is 19.8 Å². The first-order valence-electron chi connectivity index (χ1n) is 9.43. The number of likely N-dealkylation sites (tertiary alicyclic amines) is 1. The van der Waals surface area contributed by atoms with Crippen molar-refractivity contribution >= 4 is 5.91 Å². The topological polar surface area (TPSA) is 58.6 Å². The monoisotopic (exact) mass is 346 g/mol. The van der Waals surface area contributed by atoms with E-state index in [4.69, 9.17) is 4.74 Å². The number of rotatable bonds is 5. The third-order valence-corrected chi connectivity index (χ3v) is 5.23. The molecular formula is C19H30N4O2. The first-order valence-corrected chi connectivity index (χ1v) is 9.43. The molecule has 1 aromatic rings. The Balaban J connectivity index is 1.45. The number of piperidine rings is 1. The summed E-state index contributed by atoms with van der Waals surface area (Å²) in [5, 5.41) is 0. The molecule has 2 aliphatic heterocycles. The average Bonchev–Trinajstić information content (AvgIpc) is 2.64. The second-order valence-corrected chi connectivity index (χ2v) is 7.60. The summed E-state index contributed by atoms with van der Waals surface area (Å²) >= 11 is 0. The lowest BCUT2D eigenvalue weighted by Crippen LogP contribution is -2.43. The molecule has 3 heterocycles. The van der Waals surface area contributed by atoms with Crippen molar-refractivity contribution in [3.63, 3.8) is 0 Å². The van der Waals surface area contributed by atoms with Crippen molar-refractivity contribution < 1.29 is 9.53 Å². The lowest BCUT2D eigenvalue weighted by atomic mass is 9.90. The zero-order valence-electron chi connectivity index (χ0n) is 15.5. The molecule has 0 aliphatic carbocycles. The van der Waals surface area contributed by atoms with Crippen LogP contribution in [0.2, 0.25) is 0 Å². The fraction of sp³-hybridized carbons (Fsp3) is 0.737. The molecular weight excluding hydrogens is 316 g/mol. The summed E-state index contributed by atoms with van der Waals surface area (Å²) in [5.41, 5.74) is 2.07. The van der Waals surface area contributed by atoms with Crippen LogP contribution in [0.4, 0.5) is 0 Å². The Bertz CT molecular complexity index is 547. The van der Waals surface area contributed by atoms with E-state index in [-0.39, 0.29) is 5.92 Å². The number of ether oxygens (including phenoxy) is 1. The maximum Gasteiger partial charge on any atom is 0.225 e. The van der Waals surface area contributed by atoms with Gasteiger partial charge in [0.1, 0.15) is 0 Å². The highest BCUT2D eigenvalue weighted by atomic mass is 16.5. The van der Waals surface area contributed by atoms with Crippen molar-refractivity contribution in [3.05, 3.63) is 23.8 Å². The minimum atomic E-state index is 0.181. The van der Waals surface area contributed by atoms with Crippen LogP contribution in [-0.4, -0.2) is 66.1 Å². The van der Waals surface area contributed by atoms with Crippen LogP contribution in [0.1, 0.15) is 37.1 Å². The fourth-order valence-electron chi connectivity index (χ4n) is 3.75. The van der Waals surface area contributed by atoms with Gasteiger partial charge in [-0.25, -0.2) is 0 Å². The van der Waals surface area contributed by atoms with Crippen molar-refractivity contribution in [1.82, 2.24) is 19.8 Å². The molecule has 6 nitrogen and oxygen atoms in total. The minimum Gasteiger partial charge on any atom is -0.381 e. The molecule has 2 aliphatic rings. The van der Waals surface area contributed by atoms with Crippen molar-refractivity contribution in [1.29, 1.82) is 0 Å². The van der Waals surface area contributed by atoms with Crippen molar-refractivity contribution in [2.75, 3.05) is 40.4 Å². The lowest BCUT2D eigenvalue weighted by molar-refractivity contribution is -0.139. The zero-order valence-corrected chi connectivity index (χ0v) is 15.5. The molecule has 1 amide bonds. The molecule has 0 atom stereocenters. The van der Waals surface area contributed by atoms with Gasteiger partial charge in [0.05, 0.1) is 17.6 Å². The van der Waals surface area contributed by atoms with E-state index in [1.54, 1.807) is 0 Å². The Labute approximate surface area is 150 Å². The molecule has 0 aromatic carbocycles. The smallest absolute Gasteiger partial charge is 0.225 e. The highest BCUT2D eigenvalue weighted by Crippen LogP contribution is 2.24. The lowest BCUT2D eigenvalue weighted by Gasteiger charge is -2.35. The largest absolute Gasteiger partial charge is 0.381 e. The second kappa shape index (κ2) is 8.72. The van der Waals surface area contributed by atoms with Crippen LogP contribution in [0, 0.1) is 11.8 Å². The molecule has 2 saturated heterocycles. The third kappa shape index (κ3) is 5.22. The molecule has 0 saturated carbocycles. The zero-order chi connectivity index (χ0) is 17.6. The summed E-state index contributed by atoms with van der Waals surface area (Å²) in [6, 6.07) is 0. The number of carbonyl (C=O) groups excluding carboxylic acids is 1. The van der Waals surface area contributed by atoms with Crippen LogP contribution in [0.15, 0.2) is 12.4 Å². The third-order valence-electron chi connectivity index (χ3n) is 5.23. The maximum atomic E-state index is 12.6. The standard InChI is InChI=1S/C19H30N4O2/c1-22(2)14-18-13-20-17(12-21-18)11-15-3-7-23(8-4-15)19(24)16-5-9-25-10-6-16/h12-13,15-16H,3-11,14H2,1-2H3. The molecule has 3 rings (SSSR count). The summed E-state index contributed by atoms with van der Waals surface area (Å²) in [7, 11) is 4.07. The van der Waals surface area contributed by atoms with Gasteiger partial charge in [-0.1, -0.05) is 0 Å². The second-order valence-electron chi connectivity index (χ2n) is 7.60. The van der Waals surface area contributed by atoms with Crippen LogP contribution in [0.5, 0.6) is 0 Å². The molecule has 6 heteroatoms. The molecule has 0 N–H and O–H groups in total. The molecule has 0 radical (unpaired) electrons. The van der Waals surface area contributed by atoms with Crippen molar-refractivity contribution in [2.45, 2.75) is 38.6 Å². The Morgan fingerprint density at radius 2 is 1.76 bits per heavy atom. The first kappa shape index (κ1) is 18.3. The quantitative estimate of drug-likeness (QED) is 0.813. The van der Waals surface area contributed by atoms with E-state index in [1.165, 1.54) is 0 Å². The van der Waals surface area contributed by atoms with E-state index in [9.17, 15) is 4.79 Å². The summed E-state index contributed by atoms with van der Waals surface area (Å²) < 4.78 is 5.36. The number of hydrogen-bond donors (Lipinski definition) is 0. The normalized spacial score (nSPS) is 20.2. The Kier molecular flexibility index (Phi) is 6.37. The number of carbonyl (C=O) groups is 1.